The molecule has 1 aliphatic heterocycles. The minimum absolute atomic E-state index is 0.0458. The molecule has 1 fully saturated rings. The highest BCUT2D eigenvalue weighted by molar-refractivity contribution is 5.79. The van der Waals surface area contributed by atoms with Gasteiger partial charge in [0.25, 0.3) is 5.92 Å². The van der Waals surface area contributed by atoms with E-state index in [1.807, 2.05) is 0 Å². The number of hydrogen-bond donors (Lipinski definition) is 0. The van der Waals surface area contributed by atoms with Gasteiger partial charge in [0.1, 0.15) is 16.8 Å². The van der Waals surface area contributed by atoms with E-state index in [-0.39, 0.29) is 32.5 Å². The van der Waals surface area contributed by atoms with Crippen LogP contribution in [0.4, 0.5) is 18.0 Å². The van der Waals surface area contributed by atoms with Crippen LogP contribution in [0.5, 0.6) is 0 Å². The SMILES string of the molecule is CCOC(=O)C1(C(F)(F)c2ccc(F)cc2)CCN(C(=O)OC(C)(C)C)CC1. The van der Waals surface area contributed by atoms with Gasteiger partial charge in [-0.05, 0) is 52.7 Å². The van der Waals surface area contributed by atoms with Crippen molar-refractivity contribution in [1.82, 2.24) is 4.90 Å². The summed E-state index contributed by atoms with van der Waals surface area (Å²) in [4.78, 5) is 26.1. The first-order valence-electron chi connectivity index (χ1n) is 9.22. The molecule has 0 N–H and O–H groups in total. The zero-order chi connectivity index (χ0) is 21.2. The van der Waals surface area contributed by atoms with Gasteiger partial charge in [-0.2, -0.15) is 0 Å². The molecule has 156 valence electrons. The number of alkyl halides is 2. The van der Waals surface area contributed by atoms with E-state index in [1.54, 1.807) is 20.8 Å². The van der Waals surface area contributed by atoms with E-state index in [0.29, 0.717) is 0 Å². The summed E-state index contributed by atoms with van der Waals surface area (Å²) in [5.41, 5.74) is -3.32. The molecule has 0 bridgehead atoms. The van der Waals surface area contributed by atoms with Gasteiger partial charge < -0.3 is 14.4 Å². The predicted molar refractivity (Wildman–Crippen MR) is 96.4 cm³/mol. The zero-order valence-electron chi connectivity index (χ0n) is 16.6. The number of nitrogens with zero attached hydrogens (tertiary/aromatic N) is 1. The lowest BCUT2D eigenvalue weighted by molar-refractivity contribution is -0.197. The molecule has 1 aromatic carbocycles. The second-order valence-corrected chi connectivity index (χ2v) is 7.85. The summed E-state index contributed by atoms with van der Waals surface area (Å²) < 4.78 is 54.3. The molecule has 0 radical (unpaired) electrons. The first-order chi connectivity index (χ1) is 12.9. The van der Waals surface area contributed by atoms with Crippen LogP contribution in [0.1, 0.15) is 46.1 Å². The van der Waals surface area contributed by atoms with Gasteiger partial charge in [-0.3, -0.25) is 4.79 Å². The van der Waals surface area contributed by atoms with Crippen molar-refractivity contribution >= 4 is 12.1 Å². The number of hydrogen-bond acceptors (Lipinski definition) is 4. The summed E-state index contributed by atoms with van der Waals surface area (Å²) in [5.74, 6) is -5.26. The number of likely N-dealkylation sites (tertiary alicyclic amines) is 1. The Morgan fingerprint density at radius 1 is 1.11 bits per heavy atom. The third-order valence-corrected chi connectivity index (χ3v) is 4.74. The summed E-state index contributed by atoms with van der Waals surface area (Å²) in [7, 11) is 0. The van der Waals surface area contributed by atoms with Crippen molar-refractivity contribution in [3.8, 4) is 0 Å². The van der Waals surface area contributed by atoms with E-state index in [4.69, 9.17) is 9.47 Å². The molecule has 0 unspecified atom stereocenters. The number of esters is 1. The van der Waals surface area contributed by atoms with Crippen LogP contribution in [-0.2, 0) is 20.2 Å². The van der Waals surface area contributed by atoms with Gasteiger partial charge in [0.05, 0.1) is 6.61 Å². The van der Waals surface area contributed by atoms with E-state index < -0.39 is 40.4 Å². The molecule has 1 aliphatic rings. The summed E-state index contributed by atoms with van der Waals surface area (Å²) in [5, 5.41) is 0. The Kier molecular flexibility index (Phi) is 6.31. The number of halogens is 3. The highest BCUT2D eigenvalue weighted by Gasteiger charge is 2.62. The number of piperidine rings is 1. The normalized spacial score (nSPS) is 17.2. The number of benzene rings is 1. The minimum Gasteiger partial charge on any atom is -0.465 e. The molecule has 1 amide bonds. The van der Waals surface area contributed by atoms with Gasteiger partial charge in [-0.15, -0.1) is 0 Å². The Balaban J connectivity index is 2.30. The second-order valence-electron chi connectivity index (χ2n) is 7.85. The largest absolute Gasteiger partial charge is 0.465 e. The minimum atomic E-state index is -3.59. The highest BCUT2D eigenvalue weighted by atomic mass is 19.3. The fraction of sp³-hybridized carbons (Fsp3) is 0.600. The van der Waals surface area contributed by atoms with Crippen molar-refractivity contribution in [2.24, 2.45) is 5.41 Å². The number of amides is 1. The van der Waals surface area contributed by atoms with Gasteiger partial charge in [0.2, 0.25) is 0 Å². The van der Waals surface area contributed by atoms with Gasteiger partial charge in [-0.25, -0.2) is 18.0 Å². The Morgan fingerprint density at radius 2 is 1.64 bits per heavy atom. The Hall–Kier alpha value is -2.25. The van der Waals surface area contributed by atoms with Crippen molar-refractivity contribution in [3.63, 3.8) is 0 Å². The molecule has 5 nitrogen and oxygen atoms in total. The van der Waals surface area contributed by atoms with Crippen LogP contribution < -0.4 is 0 Å². The molecule has 0 atom stereocenters. The maximum absolute atomic E-state index is 15.4. The maximum Gasteiger partial charge on any atom is 0.410 e. The van der Waals surface area contributed by atoms with Crippen LogP contribution in [0.2, 0.25) is 0 Å². The highest BCUT2D eigenvalue weighted by Crippen LogP contribution is 2.52. The monoisotopic (exact) mass is 401 g/mol. The molecular formula is C20H26F3NO4. The Bertz CT molecular complexity index is 705. The summed E-state index contributed by atoms with van der Waals surface area (Å²) in [6, 6.07) is 3.79. The fourth-order valence-electron chi connectivity index (χ4n) is 3.25. The van der Waals surface area contributed by atoms with Gasteiger partial charge in [0, 0.05) is 18.7 Å². The molecular weight excluding hydrogens is 375 g/mol. The molecule has 0 aromatic heterocycles. The van der Waals surface area contributed by atoms with Crippen LogP contribution >= 0.6 is 0 Å². The van der Waals surface area contributed by atoms with Gasteiger partial charge in [-0.1, -0.05) is 12.1 Å². The Morgan fingerprint density at radius 3 is 2.11 bits per heavy atom. The number of carbonyl (C=O) groups excluding carboxylic acids is 2. The van der Waals surface area contributed by atoms with Crippen molar-refractivity contribution in [1.29, 1.82) is 0 Å². The van der Waals surface area contributed by atoms with E-state index in [2.05, 4.69) is 0 Å². The van der Waals surface area contributed by atoms with Crippen molar-refractivity contribution in [3.05, 3.63) is 35.6 Å². The predicted octanol–water partition coefficient (Wildman–Crippen LogP) is 4.50. The van der Waals surface area contributed by atoms with E-state index in [0.717, 1.165) is 24.3 Å². The van der Waals surface area contributed by atoms with Gasteiger partial charge >= 0.3 is 12.1 Å². The molecule has 0 saturated carbocycles. The van der Waals surface area contributed by atoms with E-state index >= 15 is 8.78 Å². The van der Waals surface area contributed by atoms with Crippen LogP contribution in [-0.4, -0.2) is 42.3 Å². The Labute approximate surface area is 162 Å². The standard InChI is InChI=1S/C20H26F3NO4/c1-5-27-16(25)19(20(22,23)14-6-8-15(21)9-7-14)10-12-24(13-11-19)17(26)28-18(2,3)4/h6-9H,5,10-13H2,1-4H3. The summed E-state index contributed by atoms with van der Waals surface area (Å²) in [6.07, 6.45) is -1.21. The van der Waals surface area contributed by atoms with Crippen molar-refractivity contribution < 1.29 is 32.2 Å². The van der Waals surface area contributed by atoms with Crippen LogP contribution in [0.25, 0.3) is 0 Å². The molecule has 8 heteroatoms. The molecule has 1 saturated heterocycles. The quantitative estimate of drug-likeness (QED) is 0.697. The first kappa shape index (κ1) is 22.0. The second kappa shape index (κ2) is 8.01. The smallest absolute Gasteiger partial charge is 0.410 e. The molecule has 0 aliphatic carbocycles. The third kappa shape index (κ3) is 4.42. The molecule has 2 rings (SSSR count). The average Bonchev–Trinajstić information content (AvgIpc) is 2.60. The number of ether oxygens (including phenoxy) is 2. The van der Waals surface area contributed by atoms with Crippen molar-refractivity contribution in [2.45, 2.75) is 52.1 Å². The van der Waals surface area contributed by atoms with E-state index in [1.165, 1.54) is 11.8 Å². The summed E-state index contributed by atoms with van der Waals surface area (Å²) in [6.45, 7) is 6.46. The van der Waals surface area contributed by atoms with Crippen LogP contribution in [0.3, 0.4) is 0 Å². The van der Waals surface area contributed by atoms with Gasteiger partial charge in [0.15, 0.2) is 0 Å². The number of carbonyl (C=O) groups is 2. The number of rotatable bonds is 4. The molecule has 1 heterocycles. The zero-order valence-corrected chi connectivity index (χ0v) is 16.6. The topological polar surface area (TPSA) is 55.8 Å². The summed E-state index contributed by atoms with van der Waals surface area (Å²) >= 11 is 0. The molecule has 1 aromatic rings. The molecule has 0 spiro atoms. The van der Waals surface area contributed by atoms with Crippen LogP contribution in [0, 0.1) is 11.2 Å². The lowest BCUT2D eigenvalue weighted by Gasteiger charge is -2.44. The lowest BCUT2D eigenvalue weighted by atomic mass is 9.70. The third-order valence-electron chi connectivity index (χ3n) is 4.74. The maximum atomic E-state index is 15.4. The van der Waals surface area contributed by atoms with Crippen molar-refractivity contribution in [2.75, 3.05) is 19.7 Å². The fourth-order valence-corrected chi connectivity index (χ4v) is 3.25. The average molecular weight is 401 g/mol. The van der Waals surface area contributed by atoms with E-state index in [9.17, 15) is 14.0 Å². The first-order valence-corrected chi connectivity index (χ1v) is 9.22. The molecule has 28 heavy (non-hydrogen) atoms. The lowest BCUT2D eigenvalue weighted by Crippen LogP contribution is -2.55. The van der Waals surface area contributed by atoms with Crippen LogP contribution in [0.15, 0.2) is 24.3 Å².